The second-order valence-corrected chi connectivity index (χ2v) is 8.17. The third kappa shape index (κ3) is 3.33. The lowest BCUT2D eigenvalue weighted by Crippen LogP contribution is -2.45. The molecule has 4 aromatic carbocycles. The molecule has 164 valence electrons. The van der Waals surface area contributed by atoms with Gasteiger partial charge in [0.1, 0.15) is 5.82 Å². The molecule has 1 aliphatic rings. The molecule has 0 saturated heterocycles. The summed E-state index contributed by atoms with van der Waals surface area (Å²) in [7, 11) is 0. The highest BCUT2D eigenvalue weighted by Crippen LogP contribution is 2.39. The van der Waals surface area contributed by atoms with Gasteiger partial charge in [-0.25, -0.2) is 4.98 Å². The van der Waals surface area contributed by atoms with Crippen molar-refractivity contribution in [3.05, 3.63) is 115 Å². The van der Waals surface area contributed by atoms with Gasteiger partial charge in [0.15, 0.2) is 6.04 Å². The van der Waals surface area contributed by atoms with Gasteiger partial charge in [0.2, 0.25) is 0 Å². The lowest BCUT2D eigenvalue weighted by atomic mass is 10.0. The number of amides is 2. The molecule has 0 saturated carbocycles. The molecular formula is C28H20N4O2. The zero-order valence-corrected chi connectivity index (χ0v) is 18.1. The van der Waals surface area contributed by atoms with E-state index in [1.807, 2.05) is 84.9 Å². The summed E-state index contributed by atoms with van der Waals surface area (Å²) in [5, 5.41) is 2.93. The quantitative estimate of drug-likeness (QED) is 0.382. The average molecular weight is 444 g/mol. The van der Waals surface area contributed by atoms with Crippen LogP contribution in [-0.2, 0) is 4.79 Å². The van der Waals surface area contributed by atoms with Crippen molar-refractivity contribution in [1.29, 1.82) is 0 Å². The largest absolute Gasteiger partial charge is 0.340 e. The van der Waals surface area contributed by atoms with Crippen LogP contribution in [-0.4, -0.2) is 21.8 Å². The maximum Gasteiger partial charge on any atom is 0.259 e. The maximum absolute atomic E-state index is 13.9. The number of carbonyl (C=O) groups excluding carboxylic acids is 2. The van der Waals surface area contributed by atoms with E-state index in [9.17, 15) is 9.59 Å². The van der Waals surface area contributed by atoms with Crippen LogP contribution in [0, 0.1) is 0 Å². The van der Waals surface area contributed by atoms with E-state index in [0.717, 1.165) is 22.2 Å². The number of hydrogen-bond acceptors (Lipinski definition) is 3. The van der Waals surface area contributed by atoms with Crippen molar-refractivity contribution in [2.75, 3.05) is 10.2 Å². The molecule has 0 radical (unpaired) electrons. The predicted octanol–water partition coefficient (Wildman–Crippen LogP) is 5.57. The summed E-state index contributed by atoms with van der Waals surface area (Å²) in [6.07, 6.45) is 0. The van der Waals surface area contributed by atoms with Crippen LogP contribution >= 0.6 is 0 Å². The first-order chi connectivity index (χ1) is 16.7. The normalized spacial score (nSPS) is 15.1. The van der Waals surface area contributed by atoms with Gasteiger partial charge in [-0.3, -0.25) is 14.5 Å². The smallest absolute Gasteiger partial charge is 0.259 e. The Morgan fingerprint density at radius 3 is 2.24 bits per heavy atom. The number of hydrogen-bond donors (Lipinski definition) is 2. The molecule has 34 heavy (non-hydrogen) atoms. The van der Waals surface area contributed by atoms with E-state index >= 15 is 0 Å². The number of anilines is 2. The van der Waals surface area contributed by atoms with Gasteiger partial charge in [-0.05, 0) is 47.5 Å². The molecule has 5 aromatic rings. The van der Waals surface area contributed by atoms with Crippen molar-refractivity contribution in [3.8, 4) is 11.1 Å². The van der Waals surface area contributed by atoms with E-state index in [2.05, 4.69) is 15.3 Å². The van der Waals surface area contributed by atoms with Gasteiger partial charge in [-0.15, -0.1) is 0 Å². The maximum atomic E-state index is 13.9. The molecule has 6 nitrogen and oxygen atoms in total. The lowest BCUT2D eigenvalue weighted by Gasteiger charge is -2.35. The van der Waals surface area contributed by atoms with Gasteiger partial charge in [0.25, 0.3) is 11.8 Å². The number of benzene rings is 4. The molecule has 1 aromatic heterocycles. The van der Waals surface area contributed by atoms with Crippen LogP contribution < -0.4 is 10.2 Å². The summed E-state index contributed by atoms with van der Waals surface area (Å²) in [5.74, 6) is -0.165. The number of rotatable bonds is 3. The van der Waals surface area contributed by atoms with E-state index in [1.165, 1.54) is 4.90 Å². The number of fused-ring (bicyclic) bond motifs is 2. The third-order valence-electron chi connectivity index (χ3n) is 6.05. The summed E-state index contributed by atoms with van der Waals surface area (Å²) < 4.78 is 0. The number of imidazole rings is 1. The van der Waals surface area contributed by atoms with Crippen LogP contribution in [0.5, 0.6) is 0 Å². The van der Waals surface area contributed by atoms with Gasteiger partial charge in [0.05, 0.1) is 22.4 Å². The molecule has 0 spiro atoms. The lowest BCUT2D eigenvalue weighted by molar-refractivity contribution is -0.117. The first kappa shape index (κ1) is 19.9. The topological polar surface area (TPSA) is 78.1 Å². The summed E-state index contributed by atoms with van der Waals surface area (Å²) >= 11 is 0. The van der Waals surface area contributed by atoms with Crippen molar-refractivity contribution < 1.29 is 9.59 Å². The Kier molecular flexibility index (Phi) is 4.70. The first-order valence-electron chi connectivity index (χ1n) is 11.0. The SMILES string of the molecule is O=C1Nc2ccccc2N(C(=O)c2ccc(-c3ccccc3)cc2)C1c1nc2ccccc2[nH]1. The standard InChI is InChI=1S/C28H20N4O2/c33-27-25(26-29-21-10-4-5-11-22(21)30-26)32(24-13-7-6-12-23(24)31-27)28(34)20-16-14-19(15-17-20)18-8-2-1-3-9-18/h1-17,25H,(H,29,30)(H,31,33). The van der Waals surface area contributed by atoms with Crippen LogP contribution in [0.25, 0.3) is 22.2 Å². The van der Waals surface area contributed by atoms with E-state index in [-0.39, 0.29) is 11.8 Å². The van der Waals surface area contributed by atoms with Gasteiger partial charge >= 0.3 is 0 Å². The molecule has 6 heteroatoms. The van der Waals surface area contributed by atoms with Gasteiger partial charge < -0.3 is 10.3 Å². The Labute approximate surface area is 195 Å². The van der Waals surface area contributed by atoms with E-state index in [1.54, 1.807) is 18.2 Å². The van der Waals surface area contributed by atoms with Crippen LogP contribution in [0.15, 0.2) is 103 Å². The van der Waals surface area contributed by atoms with Crippen LogP contribution in [0.2, 0.25) is 0 Å². The minimum Gasteiger partial charge on any atom is -0.340 e. The first-order valence-corrected chi connectivity index (χ1v) is 11.0. The number of aromatic amines is 1. The second-order valence-electron chi connectivity index (χ2n) is 8.17. The van der Waals surface area contributed by atoms with E-state index in [4.69, 9.17) is 0 Å². The Bertz CT molecular complexity index is 1490. The summed E-state index contributed by atoms with van der Waals surface area (Å²) in [6, 6.07) is 31.4. The monoisotopic (exact) mass is 444 g/mol. The fourth-order valence-electron chi connectivity index (χ4n) is 4.40. The molecule has 2 N–H and O–H groups in total. The van der Waals surface area contributed by atoms with Crippen LogP contribution in [0.4, 0.5) is 11.4 Å². The summed E-state index contributed by atoms with van der Waals surface area (Å²) in [5.41, 5.74) is 5.35. The van der Waals surface area contributed by atoms with Crippen LogP contribution in [0.1, 0.15) is 22.2 Å². The molecule has 1 unspecified atom stereocenters. The Hall–Kier alpha value is -4.71. The highest BCUT2D eigenvalue weighted by molar-refractivity contribution is 6.16. The van der Waals surface area contributed by atoms with Crippen molar-refractivity contribution in [1.82, 2.24) is 9.97 Å². The third-order valence-corrected chi connectivity index (χ3v) is 6.05. The zero-order valence-electron chi connectivity index (χ0n) is 18.1. The molecule has 1 atom stereocenters. The average Bonchev–Trinajstić information content (AvgIpc) is 3.32. The second kappa shape index (κ2) is 8.01. The van der Waals surface area contributed by atoms with E-state index < -0.39 is 6.04 Å². The Morgan fingerprint density at radius 2 is 1.44 bits per heavy atom. The molecule has 0 fully saturated rings. The molecule has 2 heterocycles. The summed E-state index contributed by atoms with van der Waals surface area (Å²) in [6.45, 7) is 0. The highest BCUT2D eigenvalue weighted by atomic mass is 16.2. The van der Waals surface area contributed by atoms with E-state index in [0.29, 0.717) is 22.8 Å². The highest BCUT2D eigenvalue weighted by Gasteiger charge is 2.40. The van der Waals surface area contributed by atoms with Gasteiger partial charge in [-0.1, -0.05) is 66.7 Å². The number of aromatic nitrogens is 2. The fourth-order valence-corrected chi connectivity index (χ4v) is 4.40. The molecular weight excluding hydrogens is 424 g/mol. The zero-order chi connectivity index (χ0) is 23.1. The van der Waals surface area contributed by atoms with Crippen molar-refractivity contribution in [2.24, 2.45) is 0 Å². The minimum absolute atomic E-state index is 0.271. The summed E-state index contributed by atoms with van der Waals surface area (Å²) in [4.78, 5) is 36.5. The molecule has 0 bridgehead atoms. The Morgan fingerprint density at radius 1 is 0.765 bits per heavy atom. The molecule has 1 aliphatic heterocycles. The number of nitrogens with zero attached hydrogens (tertiary/aromatic N) is 2. The van der Waals surface area contributed by atoms with Gasteiger partial charge in [0, 0.05) is 5.56 Å². The number of carbonyl (C=O) groups is 2. The van der Waals surface area contributed by atoms with Crippen molar-refractivity contribution >= 4 is 34.2 Å². The number of H-pyrrole nitrogens is 1. The van der Waals surface area contributed by atoms with Crippen LogP contribution in [0.3, 0.4) is 0 Å². The molecule has 0 aliphatic carbocycles. The Balaban J connectivity index is 1.44. The molecule has 2 amide bonds. The van der Waals surface area contributed by atoms with Crippen molar-refractivity contribution in [3.63, 3.8) is 0 Å². The minimum atomic E-state index is -0.927. The van der Waals surface area contributed by atoms with Crippen molar-refractivity contribution in [2.45, 2.75) is 6.04 Å². The number of nitrogens with one attached hydrogen (secondary N) is 2. The predicted molar refractivity (Wildman–Crippen MR) is 133 cm³/mol. The number of para-hydroxylation sites is 4. The van der Waals surface area contributed by atoms with Gasteiger partial charge in [-0.2, -0.15) is 0 Å². The molecule has 6 rings (SSSR count). The fraction of sp³-hybridized carbons (Fsp3) is 0.0357.